The number of aliphatic carboxylic acids is 1. The summed E-state index contributed by atoms with van der Waals surface area (Å²) in [7, 11) is 0. The Balaban J connectivity index is 2.56. The van der Waals surface area contributed by atoms with Gasteiger partial charge in [-0.1, -0.05) is 19.4 Å². The van der Waals surface area contributed by atoms with Gasteiger partial charge in [0, 0.05) is 5.69 Å². The number of hydrogen-bond acceptors (Lipinski definition) is 3. The minimum absolute atomic E-state index is 0.153. The topological polar surface area (TPSA) is 78.4 Å². The quantitative estimate of drug-likeness (QED) is 0.714. The standard InChI is InChI=1S/C14H19FN2O3/c1-3-7-14(2,13(19)20)16-9-12(18)17-11-6-4-5-10(15)8-11/h4-6,8,16H,3,7,9H2,1-2H3,(H,17,18)(H,19,20). The third kappa shape index (κ3) is 4.62. The maximum atomic E-state index is 13.0. The van der Waals surface area contributed by atoms with Gasteiger partial charge in [-0.3, -0.25) is 14.9 Å². The lowest BCUT2D eigenvalue weighted by molar-refractivity contribution is -0.144. The molecule has 5 nitrogen and oxygen atoms in total. The maximum Gasteiger partial charge on any atom is 0.323 e. The fourth-order valence-electron chi connectivity index (χ4n) is 1.82. The van der Waals surface area contributed by atoms with Crippen molar-refractivity contribution in [3.63, 3.8) is 0 Å². The number of amides is 1. The van der Waals surface area contributed by atoms with Gasteiger partial charge in [0.25, 0.3) is 0 Å². The molecule has 0 aromatic heterocycles. The van der Waals surface area contributed by atoms with E-state index in [2.05, 4.69) is 10.6 Å². The van der Waals surface area contributed by atoms with Crippen LogP contribution in [0.25, 0.3) is 0 Å². The zero-order chi connectivity index (χ0) is 15.2. The van der Waals surface area contributed by atoms with Crippen molar-refractivity contribution >= 4 is 17.6 Å². The third-order valence-corrected chi connectivity index (χ3v) is 2.97. The average Bonchev–Trinajstić information content (AvgIpc) is 2.36. The minimum Gasteiger partial charge on any atom is -0.480 e. The van der Waals surface area contributed by atoms with Crippen LogP contribution in [0.5, 0.6) is 0 Å². The molecule has 3 N–H and O–H groups in total. The number of carboxylic acids is 1. The molecule has 1 aromatic rings. The van der Waals surface area contributed by atoms with Crippen molar-refractivity contribution in [3.05, 3.63) is 30.1 Å². The number of carboxylic acid groups (broad SMARTS) is 1. The summed E-state index contributed by atoms with van der Waals surface area (Å²) in [6.07, 6.45) is 1.09. The lowest BCUT2D eigenvalue weighted by atomic mass is 9.96. The van der Waals surface area contributed by atoms with Gasteiger partial charge in [-0.25, -0.2) is 4.39 Å². The van der Waals surface area contributed by atoms with Crippen LogP contribution >= 0.6 is 0 Å². The Hall–Kier alpha value is -1.95. The highest BCUT2D eigenvalue weighted by molar-refractivity contribution is 5.92. The molecule has 0 aliphatic rings. The van der Waals surface area contributed by atoms with E-state index in [-0.39, 0.29) is 6.54 Å². The summed E-state index contributed by atoms with van der Waals surface area (Å²) in [4.78, 5) is 22.9. The van der Waals surface area contributed by atoms with Crippen molar-refractivity contribution in [1.82, 2.24) is 5.32 Å². The fourth-order valence-corrected chi connectivity index (χ4v) is 1.82. The van der Waals surface area contributed by atoms with E-state index < -0.39 is 23.2 Å². The van der Waals surface area contributed by atoms with Crippen molar-refractivity contribution in [2.45, 2.75) is 32.2 Å². The molecule has 0 aliphatic carbocycles. The van der Waals surface area contributed by atoms with Gasteiger partial charge in [-0.15, -0.1) is 0 Å². The van der Waals surface area contributed by atoms with Crippen LogP contribution in [0.1, 0.15) is 26.7 Å². The van der Waals surface area contributed by atoms with Gasteiger partial charge < -0.3 is 10.4 Å². The van der Waals surface area contributed by atoms with E-state index in [9.17, 15) is 14.0 Å². The van der Waals surface area contributed by atoms with E-state index in [4.69, 9.17) is 5.11 Å². The third-order valence-electron chi connectivity index (χ3n) is 2.97. The Morgan fingerprint density at radius 3 is 2.65 bits per heavy atom. The first-order valence-corrected chi connectivity index (χ1v) is 6.41. The predicted molar refractivity (Wildman–Crippen MR) is 74.0 cm³/mol. The van der Waals surface area contributed by atoms with Crippen LogP contribution in [0.4, 0.5) is 10.1 Å². The van der Waals surface area contributed by atoms with Gasteiger partial charge in [0.05, 0.1) is 6.54 Å². The fraction of sp³-hybridized carbons (Fsp3) is 0.429. The van der Waals surface area contributed by atoms with E-state index in [1.54, 1.807) is 6.07 Å². The second kappa shape index (κ2) is 7.00. The average molecular weight is 282 g/mol. The Labute approximate surface area is 117 Å². The summed E-state index contributed by atoms with van der Waals surface area (Å²) >= 11 is 0. The number of carbonyl (C=O) groups excluding carboxylic acids is 1. The maximum absolute atomic E-state index is 13.0. The Morgan fingerprint density at radius 1 is 1.40 bits per heavy atom. The van der Waals surface area contributed by atoms with Crippen molar-refractivity contribution in [1.29, 1.82) is 0 Å². The Bertz CT molecular complexity index is 493. The largest absolute Gasteiger partial charge is 0.480 e. The lowest BCUT2D eigenvalue weighted by Gasteiger charge is -2.25. The Kier molecular flexibility index (Phi) is 5.64. The zero-order valence-corrected chi connectivity index (χ0v) is 11.6. The van der Waals surface area contributed by atoms with Gasteiger partial charge in [0.2, 0.25) is 5.91 Å². The van der Waals surface area contributed by atoms with Gasteiger partial charge >= 0.3 is 5.97 Å². The molecule has 0 bridgehead atoms. The van der Waals surface area contributed by atoms with Crippen molar-refractivity contribution in [2.24, 2.45) is 0 Å². The zero-order valence-electron chi connectivity index (χ0n) is 11.6. The van der Waals surface area contributed by atoms with Crippen molar-refractivity contribution in [2.75, 3.05) is 11.9 Å². The van der Waals surface area contributed by atoms with E-state index in [1.807, 2.05) is 6.92 Å². The normalized spacial score (nSPS) is 13.6. The molecule has 0 saturated heterocycles. The van der Waals surface area contributed by atoms with E-state index in [1.165, 1.54) is 25.1 Å². The molecular weight excluding hydrogens is 263 g/mol. The second-order valence-corrected chi connectivity index (χ2v) is 4.80. The summed E-state index contributed by atoms with van der Waals surface area (Å²) < 4.78 is 13.0. The van der Waals surface area contributed by atoms with Gasteiger partial charge in [-0.2, -0.15) is 0 Å². The van der Waals surface area contributed by atoms with Crippen LogP contribution < -0.4 is 10.6 Å². The number of halogens is 1. The van der Waals surface area contributed by atoms with Crippen molar-refractivity contribution < 1.29 is 19.1 Å². The molecule has 1 aromatic carbocycles. The summed E-state index contributed by atoms with van der Waals surface area (Å²) in [5, 5.41) is 14.4. The van der Waals surface area contributed by atoms with E-state index >= 15 is 0 Å². The number of anilines is 1. The molecule has 0 spiro atoms. The second-order valence-electron chi connectivity index (χ2n) is 4.80. The number of nitrogens with one attached hydrogen (secondary N) is 2. The smallest absolute Gasteiger partial charge is 0.323 e. The number of carbonyl (C=O) groups is 2. The SMILES string of the molecule is CCCC(C)(NCC(=O)Nc1cccc(F)c1)C(=O)O. The molecule has 1 rings (SSSR count). The number of hydrogen-bond donors (Lipinski definition) is 3. The molecule has 0 radical (unpaired) electrons. The first-order valence-electron chi connectivity index (χ1n) is 6.41. The molecule has 0 saturated carbocycles. The summed E-state index contributed by atoms with van der Waals surface area (Å²) in [6, 6.07) is 5.51. The molecule has 1 amide bonds. The van der Waals surface area contributed by atoms with Crippen molar-refractivity contribution in [3.8, 4) is 0 Å². The minimum atomic E-state index is -1.14. The first kappa shape index (κ1) is 16.1. The van der Waals surface area contributed by atoms with E-state index in [0.717, 1.165) is 0 Å². The molecular formula is C14H19FN2O3. The first-order chi connectivity index (χ1) is 9.37. The predicted octanol–water partition coefficient (Wildman–Crippen LogP) is 2.00. The van der Waals surface area contributed by atoms with Crippen LogP contribution in [-0.2, 0) is 9.59 Å². The van der Waals surface area contributed by atoms with Crippen LogP contribution in [0.3, 0.4) is 0 Å². The molecule has 110 valence electrons. The summed E-state index contributed by atoms with van der Waals surface area (Å²) in [5.74, 6) is -1.87. The highest BCUT2D eigenvalue weighted by Crippen LogP contribution is 2.13. The highest BCUT2D eigenvalue weighted by Gasteiger charge is 2.31. The van der Waals surface area contributed by atoms with Gasteiger partial charge in [0.1, 0.15) is 11.4 Å². The monoisotopic (exact) mass is 282 g/mol. The highest BCUT2D eigenvalue weighted by atomic mass is 19.1. The molecule has 0 heterocycles. The van der Waals surface area contributed by atoms with Gasteiger partial charge in [0.15, 0.2) is 0 Å². The molecule has 1 atom stereocenters. The number of benzene rings is 1. The molecule has 0 fully saturated rings. The summed E-state index contributed by atoms with van der Waals surface area (Å²) in [6.45, 7) is 3.25. The van der Waals surface area contributed by atoms with E-state index in [0.29, 0.717) is 18.5 Å². The molecule has 6 heteroatoms. The van der Waals surface area contributed by atoms with Crippen LogP contribution in [-0.4, -0.2) is 29.1 Å². The molecule has 1 unspecified atom stereocenters. The van der Waals surface area contributed by atoms with Crippen LogP contribution in [0, 0.1) is 5.82 Å². The molecule has 0 aliphatic heterocycles. The van der Waals surface area contributed by atoms with Crippen LogP contribution in [0.2, 0.25) is 0 Å². The lowest BCUT2D eigenvalue weighted by Crippen LogP contribution is -2.51. The van der Waals surface area contributed by atoms with Gasteiger partial charge in [-0.05, 0) is 31.5 Å². The Morgan fingerprint density at radius 2 is 2.10 bits per heavy atom. The molecule has 20 heavy (non-hydrogen) atoms. The summed E-state index contributed by atoms with van der Waals surface area (Å²) in [5.41, 5.74) is -0.807. The number of rotatable bonds is 7. The van der Waals surface area contributed by atoms with Crippen LogP contribution in [0.15, 0.2) is 24.3 Å².